The van der Waals surface area contributed by atoms with E-state index in [9.17, 15) is 9.70 Å². The zero-order valence-corrected chi connectivity index (χ0v) is 9.32. The molecule has 0 aliphatic rings. The summed E-state index contributed by atoms with van der Waals surface area (Å²) in [5.74, 6) is -0.589. The van der Waals surface area contributed by atoms with Crippen LogP contribution in [0.25, 0.3) is 0 Å². The Morgan fingerprint density at radius 1 is 1.20 bits per heavy atom. The van der Waals surface area contributed by atoms with E-state index in [1.165, 1.54) is 6.92 Å². The third kappa shape index (κ3) is 5.44. The Labute approximate surface area is 88.9 Å². The molecule has 0 aromatic heterocycles. The number of nitroso groups, excluding NO2 is 1. The van der Waals surface area contributed by atoms with Crippen LogP contribution in [0.4, 0.5) is 0 Å². The number of nitrogens with zero attached hydrogens (tertiary/aromatic N) is 1. The van der Waals surface area contributed by atoms with Gasteiger partial charge in [0.2, 0.25) is 0 Å². The fourth-order valence-corrected chi connectivity index (χ4v) is 0.963. The molecule has 15 heavy (non-hydrogen) atoms. The van der Waals surface area contributed by atoms with E-state index in [1.54, 1.807) is 13.8 Å². The van der Waals surface area contributed by atoms with E-state index in [0.29, 0.717) is 13.2 Å². The normalized spacial score (nSPS) is 11.1. The van der Waals surface area contributed by atoms with E-state index in [-0.39, 0.29) is 13.2 Å². The lowest BCUT2D eigenvalue weighted by Crippen LogP contribution is -2.42. The van der Waals surface area contributed by atoms with Crippen LogP contribution in [0.1, 0.15) is 20.8 Å². The average Bonchev–Trinajstić information content (AvgIpc) is 2.22. The van der Waals surface area contributed by atoms with Crippen molar-refractivity contribution >= 4 is 5.97 Å². The fraction of sp³-hybridized carbons (Fsp3) is 0.889. The van der Waals surface area contributed by atoms with Crippen LogP contribution in [0, 0.1) is 4.91 Å². The van der Waals surface area contributed by atoms with Crippen LogP contribution in [-0.2, 0) is 19.0 Å². The van der Waals surface area contributed by atoms with Gasteiger partial charge in [0, 0.05) is 20.1 Å². The minimum atomic E-state index is -1.56. The van der Waals surface area contributed by atoms with Crippen LogP contribution in [-0.4, -0.2) is 38.1 Å². The lowest BCUT2D eigenvalue weighted by atomic mass is 10.3. The van der Waals surface area contributed by atoms with E-state index in [0.717, 1.165) is 0 Å². The first-order valence-corrected chi connectivity index (χ1v) is 4.79. The summed E-state index contributed by atoms with van der Waals surface area (Å²) in [6, 6.07) is 0. The van der Waals surface area contributed by atoms with E-state index in [4.69, 9.17) is 14.2 Å². The van der Waals surface area contributed by atoms with Crippen LogP contribution in [0.2, 0.25) is 0 Å². The van der Waals surface area contributed by atoms with Crippen molar-refractivity contribution in [1.82, 2.24) is 0 Å². The third-order valence-electron chi connectivity index (χ3n) is 1.56. The van der Waals surface area contributed by atoms with Gasteiger partial charge in [-0.25, -0.2) is 0 Å². The monoisotopic (exact) mass is 219 g/mol. The molecule has 0 atom stereocenters. The van der Waals surface area contributed by atoms with Gasteiger partial charge in [0.25, 0.3) is 5.72 Å². The summed E-state index contributed by atoms with van der Waals surface area (Å²) in [6.45, 7) is 5.38. The van der Waals surface area contributed by atoms with Crippen LogP contribution < -0.4 is 0 Å². The first-order chi connectivity index (χ1) is 7.10. The summed E-state index contributed by atoms with van der Waals surface area (Å²) in [5, 5.41) is 2.79. The van der Waals surface area contributed by atoms with Crippen LogP contribution in [0.5, 0.6) is 0 Å². The molecule has 0 aromatic carbocycles. The molecule has 6 heteroatoms. The van der Waals surface area contributed by atoms with Crippen molar-refractivity contribution in [2.24, 2.45) is 5.18 Å². The van der Waals surface area contributed by atoms with Crippen molar-refractivity contribution < 1.29 is 19.0 Å². The van der Waals surface area contributed by atoms with Gasteiger partial charge in [-0.1, -0.05) is 0 Å². The van der Waals surface area contributed by atoms with Gasteiger partial charge >= 0.3 is 5.97 Å². The molecule has 0 bridgehead atoms. The lowest BCUT2D eigenvalue weighted by molar-refractivity contribution is -0.171. The topological polar surface area (TPSA) is 74.2 Å². The quantitative estimate of drug-likeness (QED) is 0.451. The Morgan fingerprint density at radius 2 is 1.67 bits per heavy atom. The van der Waals surface area contributed by atoms with Crippen LogP contribution in [0.3, 0.4) is 0 Å². The summed E-state index contributed by atoms with van der Waals surface area (Å²) in [5.41, 5.74) is -1.56. The number of carbonyl (C=O) groups excluding carboxylic acids is 1. The molecule has 88 valence electrons. The molecule has 0 aliphatic heterocycles. The van der Waals surface area contributed by atoms with Gasteiger partial charge in [-0.05, 0) is 19.0 Å². The molecule has 0 rings (SSSR count). The summed E-state index contributed by atoms with van der Waals surface area (Å²) in [7, 11) is 0. The molecule has 0 aliphatic carbocycles. The number of rotatable bonds is 8. The van der Waals surface area contributed by atoms with Crippen LogP contribution in [0.15, 0.2) is 5.18 Å². The Morgan fingerprint density at radius 3 is 1.93 bits per heavy atom. The average molecular weight is 219 g/mol. The molecule has 0 unspecified atom stereocenters. The van der Waals surface area contributed by atoms with Gasteiger partial charge in [0.15, 0.2) is 0 Å². The maximum atomic E-state index is 10.8. The molecule has 0 aromatic rings. The van der Waals surface area contributed by atoms with Gasteiger partial charge in [-0.2, -0.15) is 0 Å². The second-order valence-electron chi connectivity index (χ2n) is 2.91. The second kappa shape index (κ2) is 7.30. The van der Waals surface area contributed by atoms with E-state index in [2.05, 4.69) is 5.18 Å². The van der Waals surface area contributed by atoms with Crippen molar-refractivity contribution in [3.63, 3.8) is 0 Å². The molecule has 0 N–H and O–H groups in total. The molecule has 6 nitrogen and oxygen atoms in total. The maximum absolute atomic E-state index is 10.8. The summed E-state index contributed by atoms with van der Waals surface area (Å²) in [4.78, 5) is 21.5. The van der Waals surface area contributed by atoms with Gasteiger partial charge in [0.05, 0.1) is 0 Å². The van der Waals surface area contributed by atoms with Crippen molar-refractivity contribution in [3.8, 4) is 0 Å². The summed E-state index contributed by atoms with van der Waals surface area (Å²) < 4.78 is 14.9. The van der Waals surface area contributed by atoms with E-state index >= 15 is 0 Å². The molecular formula is C9H17NO5. The third-order valence-corrected chi connectivity index (χ3v) is 1.56. The summed E-state index contributed by atoms with van der Waals surface area (Å²) in [6.07, 6.45) is 0. The zero-order valence-electron chi connectivity index (χ0n) is 9.32. The SMILES string of the molecule is CCOCC(COCC)(N=O)OC(C)=O. The van der Waals surface area contributed by atoms with Gasteiger partial charge < -0.3 is 14.2 Å². The lowest BCUT2D eigenvalue weighted by Gasteiger charge is -2.24. The van der Waals surface area contributed by atoms with Crippen molar-refractivity contribution in [2.75, 3.05) is 26.4 Å². The molecular weight excluding hydrogens is 202 g/mol. The van der Waals surface area contributed by atoms with E-state index < -0.39 is 11.7 Å². The standard InChI is InChI=1S/C9H17NO5/c1-4-13-6-9(10-12,7-14-5-2)15-8(3)11/h4-7H2,1-3H3. The van der Waals surface area contributed by atoms with Gasteiger partial charge in [0.1, 0.15) is 13.2 Å². The highest BCUT2D eigenvalue weighted by atomic mass is 16.6. The Balaban J connectivity index is 4.43. The molecule has 0 spiro atoms. The molecule has 0 saturated heterocycles. The predicted molar refractivity (Wildman–Crippen MR) is 53.3 cm³/mol. The minimum Gasteiger partial charge on any atom is -0.429 e. The van der Waals surface area contributed by atoms with Crippen molar-refractivity contribution in [1.29, 1.82) is 0 Å². The molecule has 0 saturated carbocycles. The number of hydrogen-bond donors (Lipinski definition) is 0. The van der Waals surface area contributed by atoms with Crippen molar-refractivity contribution in [2.45, 2.75) is 26.5 Å². The number of ether oxygens (including phenoxy) is 3. The first-order valence-electron chi connectivity index (χ1n) is 4.79. The highest BCUT2D eigenvalue weighted by Gasteiger charge is 2.36. The first kappa shape index (κ1) is 14.0. The Hall–Kier alpha value is -1.01. The molecule has 0 amide bonds. The predicted octanol–water partition coefficient (Wildman–Crippen LogP) is 1.09. The fourth-order valence-electron chi connectivity index (χ4n) is 0.963. The smallest absolute Gasteiger partial charge is 0.305 e. The number of carbonyl (C=O) groups is 1. The molecule has 0 fully saturated rings. The van der Waals surface area contributed by atoms with Gasteiger partial charge in [-0.15, -0.1) is 4.91 Å². The number of esters is 1. The Bertz CT molecular complexity index is 199. The van der Waals surface area contributed by atoms with Crippen LogP contribution >= 0.6 is 0 Å². The van der Waals surface area contributed by atoms with E-state index in [1.807, 2.05) is 0 Å². The maximum Gasteiger partial charge on any atom is 0.305 e. The summed E-state index contributed by atoms with van der Waals surface area (Å²) >= 11 is 0. The largest absolute Gasteiger partial charge is 0.429 e. The van der Waals surface area contributed by atoms with Crippen molar-refractivity contribution in [3.05, 3.63) is 4.91 Å². The highest BCUT2D eigenvalue weighted by Crippen LogP contribution is 2.15. The second-order valence-corrected chi connectivity index (χ2v) is 2.91. The molecule has 0 heterocycles. The van der Waals surface area contributed by atoms with Gasteiger partial charge in [-0.3, -0.25) is 4.79 Å². The molecule has 0 radical (unpaired) electrons. The zero-order chi connectivity index (χ0) is 11.7. The highest BCUT2D eigenvalue weighted by molar-refractivity contribution is 5.66. The number of hydrogen-bond acceptors (Lipinski definition) is 6. The minimum absolute atomic E-state index is 0.0907. The Kier molecular flexibility index (Phi) is 6.81.